The van der Waals surface area contributed by atoms with Gasteiger partial charge in [-0.05, 0) is 67.5 Å². The fourth-order valence-corrected chi connectivity index (χ4v) is 3.69. The van der Waals surface area contributed by atoms with Crippen LogP contribution in [-0.4, -0.2) is 45.6 Å². The number of rotatable bonds is 6. The molecular formula is C24H34N4O4. The van der Waals surface area contributed by atoms with Crippen LogP contribution in [-0.2, 0) is 16.8 Å². The highest BCUT2D eigenvalue weighted by Crippen LogP contribution is 2.24. The molecule has 2 aromatic rings. The second-order valence-corrected chi connectivity index (χ2v) is 10.0. The van der Waals surface area contributed by atoms with Crippen molar-refractivity contribution < 1.29 is 18.8 Å². The first-order valence-electron chi connectivity index (χ1n) is 11.1. The Hall–Kier alpha value is -2.74. The minimum atomic E-state index is -0.836. The molecule has 1 fully saturated rings. The molecule has 0 saturated carbocycles. The van der Waals surface area contributed by atoms with Gasteiger partial charge >= 0.3 is 6.09 Å². The summed E-state index contributed by atoms with van der Waals surface area (Å²) in [6.45, 7) is 13.1. The largest absolute Gasteiger partial charge is 0.444 e. The van der Waals surface area contributed by atoms with Crippen LogP contribution in [0, 0.1) is 12.8 Å². The van der Waals surface area contributed by atoms with Crippen LogP contribution in [0.25, 0.3) is 0 Å². The number of amides is 1. The van der Waals surface area contributed by atoms with Gasteiger partial charge in [0.1, 0.15) is 11.1 Å². The summed E-state index contributed by atoms with van der Waals surface area (Å²) in [6, 6.07) is 7.79. The molecule has 0 radical (unpaired) electrons. The smallest absolute Gasteiger partial charge is 0.408 e. The Balaban J connectivity index is 1.52. The fourth-order valence-electron chi connectivity index (χ4n) is 3.69. The number of likely N-dealkylation sites (tertiary alicyclic amines) is 1. The number of piperidine rings is 1. The predicted molar refractivity (Wildman–Crippen MR) is 120 cm³/mol. The first kappa shape index (κ1) is 23.9. The molecule has 8 nitrogen and oxygen atoms in total. The van der Waals surface area contributed by atoms with Gasteiger partial charge in [0, 0.05) is 11.5 Å². The first-order valence-corrected chi connectivity index (χ1v) is 11.1. The number of aryl methyl sites for hydroxylation is 1. The van der Waals surface area contributed by atoms with Gasteiger partial charge in [-0.1, -0.05) is 35.0 Å². The maximum atomic E-state index is 12.8. The monoisotopic (exact) mass is 442 g/mol. The third kappa shape index (κ3) is 6.38. The molecule has 2 heterocycles. The highest BCUT2D eigenvalue weighted by atomic mass is 16.6. The molecule has 0 atom stereocenters. The molecule has 0 aliphatic carbocycles. The van der Waals surface area contributed by atoms with Crippen molar-refractivity contribution in [1.82, 2.24) is 20.4 Å². The summed E-state index contributed by atoms with van der Waals surface area (Å²) in [5.74, 6) is 1.15. The Bertz CT molecular complexity index is 936. The van der Waals surface area contributed by atoms with Crippen LogP contribution in [0.4, 0.5) is 4.79 Å². The van der Waals surface area contributed by atoms with Crippen LogP contribution in [0.5, 0.6) is 0 Å². The van der Waals surface area contributed by atoms with Gasteiger partial charge < -0.3 is 14.6 Å². The fraction of sp³-hybridized carbons (Fsp3) is 0.583. The van der Waals surface area contributed by atoms with E-state index in [0.29, 0.717) is 18.3 Å². The minimum absolute atomic E-state index is 0.0455. The SMILES string of the molecule is Cc1ccc(C(=O)C2CCN(Cc3nc(C(C)(C)NC(=O)OC(C)(C)C)no3)CC2)cc1. The van der Waals surface area contributed by atoms with E-state index in [1.54, 1.807) is 13.8 Å². The van der Waals surface area contributed by atoms with Crippen molar-refractivity contribution in [2.45, 2.75) is 72.1 Å². The van der Waals surface area contributed by atoms with Gasteiger partial charge in [0.25, 0.3) is 0 Å². The molecular weight excluding hydrogens is 408 g/mol. The average Bonchev–Trinajstić information content (AvgIpc) is 3.16. The van der Waals surface area contributed by atoms with Crippen LogP contribution >= 0.6 is 0 Å². The number of ether oxygens (including phenoxy) is 1. The van der Waals surface area contributed by atoms with Crippen LogP contribution in [0.1, 0.15) is 75.1 Å². The highest BCUT2D eigenvalue weighted by molar-refractivity contribution is 5.97. The summed E-state index contributed by atoms with van der Waals surface area (Å²) in [6.07, 6.45) is 1.08. The van der Waals surface area contributed by atoms with Gasteiger partial charge in [0.2, 0.25) is 5.89 Å². The Kier molecular flexibility index (Phi) is 7.03. The molecule has 32 heavy (non-hydrogen) atoms. The molecule has 1 aliphatic rings. The number of nitrogens with one attached hydrogen (secondary N) is 1. The second kappa shape index (κ2) is 9.40. The molecule has 1 aliphatic heterocycles. The quantitative estimate of drug-likeness (QED) is 0.669. The Morgan fingerprint density at radius 1 is 1.12 bits per heavy atom. The molecule has 1 aromatic carbocycles. The van der Waals surface area contributed by atoms with Gasteiger partial charge in [-0.15, -0.1) is 0 Å². The van der Waals surface area contributed by atoms with Crippen LogP contribution < -0.4 is 5.32 Å². The zero-order valence-electron chi connectivity index (χ0n) is 19.9. The summed E-state index contributed by atoms with van der Waals surface area (Å²) in [5, 5.41) is 6.84. The van der Waals surface area contributed by atoms with Crippen LogP contribution in [0.15, 0.2) is 28.8 Å². The van der Waals surface area contributed by atoms with Crippen molar-refractivity contribution in [3.05, 3.63) is 47.1 Å². The van der Waals surface area contributed by atoms with Crippen molar-refractivity contribution in [2.75, 3.05) is 13.1 Å². The van der Waals surface area contributed by atoms with E-state index < -0.39 is 17.2 Å². The molecule has 0 spiro atoms. The molecule has 1 aromatic heterocycles. The normalized spacial score (nSPS) is 16.1. The molecule has 0 unspecified atom stereocenters. The van der Waals surface area contributed by atoms with Crippen molar-refractivity contribution in [2.24, 2.45) is 5.92 Å². The number of alkyl carbamates (subject to hydrolysis) is 1. The lowest BCUT2D eigenvalue weighted by atomic mass is 9.88. The number of hydrogen-bond acceptors (Lipinski definition) is 7. The molecule has 1 amide bonds. The van der Waals surface area contributed by atoms with Crippen molar-refractivity contribution in [3.8, 4) is 0 Å². The van der Waals surface area contributed by atoms with Gasteiger partial charge in [-0.3, -0.25) is 9.69 Å². The number of hydrogen-bond donors (Lipinski definition) is 1. The second-order valence-electron chi connectivity index (χ2n) is 10.0. The van der Waals surface area contributed by atoms with E-state index in [9.17, 15) is 9.59 Å². The van der Waals surface area contributed by atoms with Gasteiger partial charge in [-0.2, -0.15) is 4.98 Å². The van der Waals surface area contributed by atoms with Gasteiger partial charge in [0.05, 0.1) is 6.54 Å². The topological polar surface area (TPSA) is 97.6 Å². The maximum Gasteiger partial charge on any atom is 0.408 e. The number of ketones is 1. The number of carbonyl (C=O) groups excluding carboxylic acids is 2. The van der Waals surface area contributed by atoms with E-state index in [1.165, 1.54) is 0 Å². The summed E-state index contributed by atoms with van der Waals surface area (Å²) in [7, 11) is 0. The molecule has 1 saturated heterocycles. The van der Waals surface area contributed by atoms with E-state index in [4.69, 9.17) is 9.26 Å². The molecule has 0 bridgehead atoms. The molecule has 174 valence electrons. The number of benzene rings is 1. The lowest BCUT2D eigenvalue weighted by molar-refractivity contribution is 0.0465. The predicted octanol–water partition coefficient (Wildman–Crippen LogP) is 4.23. The third-order valence-electron chi connectivity index (χ3n) is 5.49. The third-order valence-corrected chi connectivity index (χ3v) is 5.49. The summed E-state index contributed by atoms with van der Waals surface area (Å²) in [4.78, 5) is 31.6. The van der Waals surface area contributed by atoms with E-state index in [2.05, 4.69) is 20.4 Å². The molecule has 8 heteroatoms. The molecule has 3 rings (SSSR count). The molecule has 1 N–H and O–H groups in total. The van der Waals surface area contributed by atoms with Gasteiger partial charge in [0.15, 0.2) is 11.6 Å². The summed E-state index contributed by atoms with van der Waals surface area (Å²) in [5.41, 5.74) is 0.516. The zero-order valence-corrected chi connectivity index (χ0v) is 19.9. The minimum Gasteiger partial charge on any atom is -0.444 e. The number of Topliss-reactive ketones (excluding diaryl/α,β-unsaturated/α-hetero) is 1. The summed E-state index contributed by atoms with van der Waals surface area (Å²) < 4.78 is 10.7. The zero-order chi connectivity index (χ0) is 23.5. The Labute approximate surface area is 189 Å². The lowest BCUT2D eigenvalue weighted by Gasteiger charge is -2.30. The number of nitrogens with zero attached hydrogens (tertiary/aromatic N) is 3. The van der Waals surface area contributed by atoms with Crippen LogP contribution in [0.2, 0.25) is 0 Å². The van der Waals surface area contributed by atoms with Crippen molar-refractivity contribution in [3.63, 3.8) is 0 Å². The van der Waals surface area contributed by atoms with Gasteiger partial charge in [-0.25, -0.2) is 4.79 Å². The van der Waals surface area contributed by atoms with Crippen LogP contribution in [0.3, 0.4) is 0 Å². The first-order chi connectivity index (χ1) is 14.9. The standard InChI is InChI=1S/C24H34N4O4/c1-16-7-9-17(10-8-16)20(29)18-11-13-28(14-12-18)15-19-25-21(27-32-19)24(5,6)26-22(30)31-23(2,3)4/h7-10,18H,11-15H2,1-6H3,(H,26,30). The van der Waals surface area contributed by atoms with E-state index in [-0.39, 0.29) is 11.7 Å². The Morgan fingerprint density at radius 3 is 2.34 bits per heavy atom. The number of carbonyl (C=O) groups is 2. The van der Waals surface area contributed by atoms with E-state index in [1.807, 2.05) is 52.0 Å². The lowest BCUT2D eigenvalue weighted by Crippen LogP contribution is -2.44. The Morgan fingerprint density at radius 2 is 1.75 bits per heavy atom. The number of aromatic nitrogens is 2. The van der Waals surface area contributed by atoms with Crippen molar-refractivity contribution >= 4 is 11.9 Å². The summed E-state index contributed by atoms with van der Waals surface area (Å²) >= 11 is 0. The van der Waals surface area contributed by atoms with E-state index >= 15 is 0 Å². The highest BCUT2D eigenvalue weighted by Gasteiger charge is 2.32. The van der Waals surface area contributed by atoms with E-state index in [0.717, 1.165) is 37.1 Å². The maximum absolute atomic E-state index is 12.8. The average molecular weight is 443 g/mol. The van der Waals surface area contributed by atoms with Crippen molar-refractivity contribution in [1.29, 1.82) is 0 Å².